The van der Waals surface area contributed by atoms with Gasteiger partial charge in [-0.3, -0.25) is 4.79 Å². The minimum absolute atomic E-state index is 0.286. The molecule has 1 heterocycles. The van der Waals surface area contributed by atoms with Crippen LogP contribution in [-0.2, 0) is 24.0 Å². The lowest BCUT2D eigenvalue weighted by Gasteiger charge is -2.11. The van der Waals surface area contributed by atoms with Crippen LogP contribution < -0.4 is 14.8 Å². The first-order valence-electron chi connectivity index (χ1n) is 10.5. The number of aryl methyl sites for hydroxylation is 2. The SMILES string of the molecule is COc1cc(/C=C/C(=O)NCCc2ccc(C(F)(F)F)cc2)ccc1OCc1c(C)noc1C. The molecular formula is C25H25F3N2O4. The van der Waals surface area contributed by atoms with Crippen molar-refractivity contribution in [1.82, 2.24) is 10.5 Å². The van der Waals surface area contributed by atoms with E-state index >= 15 is 0 Å². The van der Waals surface area contributed by atoms with Gasteiger partial charge in [-0.05, 0) is 61.7 Å². The number of hydrogen-bond acceptors (Lipinski definition) is 5. The van der Waals surface area contributed by atoms with E-state index in [0.717, 1.165) is 29.0 Å². The van der Waals surface area contributed by atoms with Crippen LogP contribution in [0.2, 0.25) is 0 Å². The number of carbonyl (C=O) groups excluding carboxylic acids is 1. The molecule has 0 aliphatic rings. The van der Waals surface area contributed by atoms with Gasteiger partial charge in [0.1, 0.15) is 12.4 Å². The smallest absolute Gasteiger partial charge is 0.416 e. The summed E-state index contributed by atoms with van der Waals surface area (Å²) in [6, 6.07) is 10.2. The molecule has 1 amide bonds. The van der Waals surface area contributed by atoms with Gasteiger partial charge in [-0.25, -0.2) is 0 Å². The van der Waals surface area contributed by atoms with Crippen LogP contribution in [0.1, 0.15) is 33.7 Å². The predicted molar refractivity (Wildman–Crippen MR) is 120 cm³/mol. The molecule has 0 aliphatic carbocycles. The van der Waals surface area contributed by atoms with Gasteiger partial charge in [-0.1, -0.05) is 23.4 Å². The highest BCUT2D eigenvalue weighted by Crippen LogP contribution is 2.30. The number of halogens is 3. The van der Waals surface area contributed by atoms with E-state index in [4.69, 9.17) is 14.0 Å². The van der Waals surface area contributed by atoms with Gasteiger partial charge in [0.25, 0.3) is 0 Å². The minimum Gasteiger partial charge on any atom is -0.493 e. The fourth-order valence-corrected chi connectivity index (χ4v) is 3.19. The molecule has 0 fully saturated rings. The average molecular weight is 474 g/mol. The van der Waals surface area contributed by atoms with Gasteiger partial charge in [0.2, 0.25) is 5.91 Å². The van der Waals surface area contributed by atoms with Crippen LogP contribution >= 0.6 is 0 Å². The number of benzene rings is 2. The van der Waals surface area contributed by atoms with Gasteiger partial charge in [0.05, 0.1) is 23.9 Å². The molecule has 0 unspecified atom stereocenters. The van der Waals surface area contributed by atoms with Crippen molar-refractivity contribution in [3.63, 3.8) is 0 Å². The Labute approximate surface area is 195 Å². The van der Waals surface area contributed by atoms with Crippen LogP contribution in [-0.4, -0.2) is 24.7 Å². The molecule has 2 aromatic carbocycles. The molecule has 0 saturated carbocycles. The second-order valence-electron chi connectivity index (χ2n) is 7.57. The molecule has 1 N–H and O–H groups in total. The zero-order valence-corrected chi connectivity index (χ0v) is 19.0. The molecular weight excluding hydrogens is 449 g/mol. The number of aromatic nitrogens is 1. The third kappa shape index (κ3) is 6.63. The first-order chi connectivity index (χ1) is 16.2. The average Bonchev–Trinajstić information content (AvgIpc) is 3.13. The Hall–Kier alpha value is -3.75. The highest BCUT2D eigenvalue weighted by molar-refractivity contribution is 5.91. The molecule has 34 heavy (non-hydrogen) atoms. The van der Waals surface area contributed by atoms with E-state index < -0.39 is 11.7 Å². The highest BCUT2D eigenvalue weighted by Gasteiger charge is 2.29. The van der Waals surface area contributed by atoms with E-state index in [0.29, 0.717) is 35.8 Å². The van der Waals surface area contributed by atoms with Crippen molar-refractivity contribution >= 4 is 12.0 Å². The van der Waals surface area contributed by atoms with E-state index in [1.807, 2.05) is 13.8 Å². The lowest BCUT2D eigenvalue weighted by Crippen LogP contribution is -2.23. The van der Waals surface area contributed by atoms with E-state index in [-0.39, 0.29) is 12.5 Å². The van der Waals surface area contributed by atoms with E-state index in [1.54, 1.807) is 24.3 Å². The fraction of sp³-hybridized carbons (Fsp3) is 0.280. The maximum Gasteiger partial charge on any atom is 0.416 e. The van der Waals surface area contributed by atoms with Crippen molar-refractivity contribution in [2.75, 3.05) is 13.7 Å². The van der Waals surface area contributed by atoms with Crippen molar-refractivity contribution in [3.05, 3.63) is 82.2 Å². The molecule has 1 aromatic heterocycles. The molecule has 0 atom stereocenters. The number of methoxy groups -OCH3 is 1. The third-order valence-electron chi connectivity index (χ3n) is 5.16. The Kier molecular flexibility index (Phi) is 7.99. The van der Waals surface area contributed by atoms with Crippen LogP contribution in [0.15, 0.2) is 53.1 Å². The summed E-state index contributed by atoms with van der Waals surface area (Å²) >= 11 is 0. The van der Waals surface area contributed by atoms with Gasteiger partial charge >= 0.3 is 6.18 Å². The van der Waals surface area contributed by atoms with Crippen molar-refractivity contribution < 1.29 is 32.0 Å². The highest BCUT2D eigenvalue weighted by atomic mass is 19.4. The summed E-state index contributed by atoms with van der Waals surface area (Å²) < 4.78 is 54.2. The Morgan fingerprint density at radius 2 is 1.85 bits per heavy atom. The van der Waals surface area contributed by atoms with Crippen LogP contribution in [0.4, 0.5) is 13.2 Å². The molecule has 3 aromatic rings. The van der Waals surface area contributed by atoms with Gasteiger partial charge in [-0.2, -0.15) is 13.2 Å². The number of rotatable bonds is 9. The van der Waals surface area contributed by atoms with Crippen molar-refractivity contribution in [3.8, 4) is 11.5 Å². The largest absolute Gasteiger partial charge is 0.493 e. The Morgan fingerprint density at radius 1 is 1.12 bits per heavy atom. The Balaban J connectivity index is 1.51. The molecule has 0 saturated heterocycles. The summed E-state index contributed by atoms with van der Waals surface area (Å²) in [6.07, 6.45) is -0.928. The first kappa shape index (κ1) is 24.9. The number of hydrogen-bond donors (Lipinski definition) is 1. The number of nitrogens with one attached hydrogen (secondary N) is 1. The van der Waals surface area contributed by atoms with E-state index in [1.165, 1.54) is 25.3 Å². The molecule has 3 rings (SSSR count). The molecule has 0 aliphatic heterocycles. The minimum atomic E-state index is -4.36. The van der Waals surface area contributed by atoms with Crippen LogP contribution in [0, 0.1) is 13.8 Å². The Morgan fingerprint density at radius 3 is 2.47 bits per heavy atom. The van der Waals surface area contributed by atoms with E-state index in [2.05, 4.69) is 10.5 Å². The molecule has 9 heteroatoms. The van der Waals surface area contributed by atoms with Crippen LogP contribution in [0.25, 0.3) is 6.08 Å². The third-order valence-corrected chi connectivity index (χ3v) is 5.16. The maximum absolute atomic E-state index is 12.6. The summed E-state index contributed by atoms with van der Waals surface area (Å²) in [5.74, 6) is 1.43. The molecule has 0 bridgehead atoms. The maximum atomic E-state index is 12.6. The van der Waals surface area contributed by atoms with Gasteiger partial charge < -0.3 is 19.3 Å². The summed E-state index contributed by atoms with van der Waals surface area (Å²) in [4.78, 5) is 12.1. The first-order valence-corrected chi connectivity index (χ1v) is 10.5. The molecule has 6 nitrogen and oxygen atoms in total. The van der Waals surface area contributed by atoms with Crippen molar-refractivity contribution in [2.24, 2.45) is 0 Å². The summed E-state index contributed by atoms with van der Waals surface area (Å²) in [5.41, 5.74) is 2.38. The standard InChI is InChI=1S/C25H25F3N2O4/c1-16-21(17(2)34-30-16)15-33-22-10-6-19(14-23(22)32-3)7-11-24(31)29-13-12-18-4-8-20(9-5-18)25(26,27)28/h4-11,14H,12-13,15H2,1-3H3,(H,29,31)/b11-7+. The van der Waals surface area contributed by atoms with Crippen molar-refractivity contribution in [1.29, 1.82) is 0 Å². The number of carbonyl (C=O) groups is 1. The number of amides is 1. The van der Waals surface area contributed by atoms with Crippen LogP contribution in [0.5, 0.6) is 11.5 Å². The van der Waals surface area contributed by atoms with Gasteiger partial charge in [0.15, 0.2) is 11.5 Å². The summed E-state index contributed by atoms with van der Waals surface area (Å²) in [7, 11) is 1.53. The lowest BCUT2D eigenvalue weighted by molar-refractivity contribution is -0.137. The van der Waals surface area contributed by atoms with Crippen LogP contribution in [0.3, 0.4) is 0 Å². The number of nitrogens with zero attached hydrogens (tertiary/aromatic N) is 1. The monoisotopic (exact) mass is 474 g/mol. The zero-order valence-electron chi connectivity index (χ0n) is 19.0. The topological polar surface area (TPSA) is 73.6 Å². The molecule has 0 spiro atoms. The van der Waals surface area contributed by atoms with Crippen molar-refractivity contribution in [2.45, 2.75) is 33.1 Å². The predicted octanol–water partition coefficient (Wildman–Crippen LogP) is 5.27. The summed E-state index contributed by atoms with van der Waals surface area (Å²) in [5, 5.41) is 6.62. The number of alkyl halides is 3. The second kappa shape index (κ2) is 10.9. The van der Waals surface area contributed by atoms with Gasteiger partial charge in [0, 0.05) is 12.6 Å². The molecule has 180 valence electrons. The fourth-order valence-electron chi connectivity index (χ4n) is 3.19. The Bertz CT molecular complexity index is 1130. The quantitative estimate of drug-likeness (QED) is 0.428. The van der Waals surface area contributed by atoms with Gasteiger partial charge in [-0.15, -0.1) is 0 Å². The normalized spacial score (nSPS) is 11.6. The van der Waals surface area contributed by atoms with E-state index in [9.17, 15) is 18.0 Å². The lowest BCUT2D eigenvalue weighted by atomic mass is 10.1. The molecule has 0 radical (unpaired) electrons. The number of ether oxygens (including phenoxy) is 2. The summed E-state index contributed by atoms with van der Waals surface area (Å²) in [6.45, 7) is 4.24. The second-order valence-corrected chi connectivity index (χ2v) is 7.57. The zero-order chi connectivity index (χ0) is 24.7.